The van der Waals surface area contributed by atoms with Crippen LogP contribution in [0.3, 0.4) is 0 Å². The van der Waals surface area contributed by atoms with E-state index in [1.54, 1.807) is 36.1 Å². The highest BCUT2D eigenvalue weighted by Crippen LogP contribution is 2.27. The molecule has 26 heavy (non-hydrogen) atoms. The monoisotopic (exact) mass is 358 g/mol. The Morgan fingerprint density at radius 1 is 1.42 bits per heavy atom. The van der Waals surface area contributed by atoms with Gasteiger partial charge in [-0.1, -0.05) is 0 Å². The van der Waals surface area contributed by atoms with Crippen molar-refractivity contribution < 1.29 is 19.4 Å². The lowest BCUT2D eigenvalue weighted by Crippen LogP contribution is -2.34. The van der Waals surface area contributed by atoms with Crippen LogP contribution in [0.2, 0.25) is 0 Å². The Morgan fingerprint density at radius 3 is 2.85 bits per heavy atom. The van der Waals surface area contributed by atoms with Gasteiger partial charge in [0, 0.05) is 32.8 Å². The number of aromatic hydroxyl groups is 1. The molecule has 1 aliphatic rings. The number of aromatic amines is 1. The smallest absolute Gasteiger partial charge is 0.228 e. The van der Waals surface area contributed by atoms with Crippen molar-refractivity contribution in [2.24, 2.45) is 5.92 Å². The number of anilines is 1. The first kappa shape index (κ1) is 17.9. The Hall–Kier alpha value is -2.87. The summed E-state index contributed by atoms with van der Waals surface area (Å²) in [6.45, 7) is 1.14. The minimum Gasteiger partial charge on any atom is -0.508 e. The van der Waals surface area contributed by atoms with Crippen LogP contribution in [0.1, 0.15) is 17.8 Å². The SMILES string of the molecule is COCc1cc(CN(C)C(=O)C2CC(=O)N(c3ccc(O)cc3)C2)[nH]n1. The van der Waals surface area contributed by atoms with Crippen molar-refractivity contribution in [3.05, 3.63) is 41.7 Å². The fourth-order valence-electron chi connectivity index (χ4n) is 3.11. The van der Waals surface area contributed by atoms with Gasteiger partial charge in [0.25, 0.3) is 0 Å². The minimum absolute atomic E-state index is 0.0810. The lowest BCUT2D eigenvalue weighted by Gasteiger charge is -2.21. The molecule has 1 atom stereocenters. The van der Waals surface area contributed by atoms with E-state index in [0.717, 1.165) is 11.4 Å². The third-order valence-electron chi connectivity index (χ3n) is 4.40. The van der Waals surface area contributed by atoms with Crippen molar-refractivity contribution in [2.75, 3.05) is 25.6 Å². The van der Waals surface area contributed by atoms with E-state index in [1.165, 1.54) is 12.1 Å². The van der Waals surface area contributed by atoms with E-state index in [1.807, 2.05) is 6.07 Å². The molecule has 2 amide bonds. The second-order valence-corrected chi connectivity index (χ2v) is 6.43. The molecule has 1 aromatic carbocycles. The van der Waals surface area contributed by atoms with Gasteiger partial charge in [0.2, 0.25) is 11.8 Å². The molecule has 1 aromatic heterocycles. The Bertz CT molecular complexity index is 787. The number of nitrogens with one attached hydrogen (secondary N) is 1. The summed E-state index contributed by atoms with van der Waals surface area (Å²) < 4.78 is 5.03. The van der Waals surface area contributed by atoms with Gasteiger partial charge in [-0.15, -0.1) is 0 Å². The van der Waals surface area contributed by atoms with Crippen LogP contribution >= 0.6 is 0 Å². The van der Waals surface area contributed by atoms with E-state index < -0.39 is 0 Å². The van der Waals surface area contributed by atoms with E-state index >= 15 is 0 Å². The number of phenolic OH excluding ortho intramolecular Hbond substituents is 1. The average Bonchev–Trinajstić information content (AvgIpc) is 3.22. The molecule has 2 aromatic rings. The molecule has 0 radical (unpaired) electrons. The number of H-pyrrole nitrogens is 1. The van der Waals surface area contributed by atoms with Crippen LogP contribution in [0.15, 0.2) is 30.3 Å². The summed E-state index contributed by atoms with van der Waals surface area (Å²) >= 11 is 0. The molecule has 0 aliphatic carbocycles. The predicted molar refractivity (Wildman–Crippen MR) is 94.3 cm³/mol. The van der Waals surface area contributed by atoms with Crippen LogP contribution in [0.5, 0.6) is 5.75 Å². The van der Waals surface area contributed by atoms with Gasteiger partial charge in [0.15, 0.2) is 0 Å². The number of hydrogen-bond acceptors (Lipinski definition) is 5. The molecule has 1 saturated heterocycles. The first-order valence-electron chi connectivity index (χ1n) is 8.34. The molecule has 8 nitrogen and oxygen atoms in total. The number of phenols is 1. The van der Waals surface area contributed by atoms with Gasteiger partial charge in [-0.25, -0.2) is 0 Å². The minimum atomic E-state index is -0.386. The zero-order valence-corrected chi connectivity index (χ0v) is 14.8. The molecule has 8 heteroatoms. The highest BCUT2D eigenvalue weighted by Gasteiger charge is 2.36. The van der Waals surface area contributed by atoms with Crippen LogP contribution in [0.4, 0.5) is 5.69 Å². The fourth-order valence-corrected chi connectivity index (χ4v) is 3.11. The topological polar surface area (TPSA) is 98.8 Å². The third kappa shape index (κ3) is 3.85. The van der Waals surface area contributed by atoms with Gasteiger partial charge >= 0.3 is 0 Å². The summed E-state index contributed by atoms with van der Waals surface area (Å²) in [5.41, 5.74) is 2.27. The largest absolute Gasteiger partial charge is 0.508 e. The first-order valence-corrected chi connectivity index (χ1v) is 8.34. The Balaban J connectivity index is 1.62. The maximum Gasteiger partial charge on any atom is 0.228 e. The lowest BCUT2D eigenvalue weighted by molar-refractivity contribution is -0.135. The number of nitrogens with zero attached hydrogens (tertiary/aromatic N) is 3. The van der Waals surface area contributed by atoms with Crippen molar-refractivity contribution in [3.8, 4) is 5.75 Å². The summed E-state index contributed by atoms with van der Waals surface area (Å²) in [6.07, 6.45) is 0.182. The van der Waals surface area contributed by atoms with E-state index in [4.69, 9.17) is 4.74 Å². The number of benzene rings is 1. The number of ether oxygens (including phenoxy) is 1. The number of carbonyl (C=O) groups is 2. The Kier molecular flexibility index (Phi) is 5.22. The number of rotatable bonds is 6. The maximum atomic E-state index is 12.7. The number of hydrogen-bond donors (Lipinski definition) is 2. The van der Waals surface area contributed by atoms with Gasteiger partial charge in [0.05, 0.1) is 30.5 Å². The van der Waals surface area contributed by atoms with Gasteiger partial charge in [-0.3, -0.25) is 14.7 Å². The normalized spacial score (nSPS) is 16.9. The number of amides is 2. The molecule has 0 bridgehead atoms. The predicted octanol–water partition coefficient (Wildman–Crippen LogP) is 1.27. The summed E-state index contributed by atoms with van der Waals surface area (Å²) in [6, 6.07) is 8.26. The van der Waals surface area contributed by atoms with Crippen LogP contribution < -0.4 is 4.90 Å². The van der Waals surface area contributed by atoms with Crippen molar-refractivity contribution in [2.45, 2.75) is 19.6 Å². The summed E-state index contributed by atoms with van der Waals surface area (Å²) in [5.74, 6) is -0.420. The van der Waals surface area contributed by atoms with Crippen LogP contribution in [0.25, 0.3) is 0 Å². The van der Waals surface area contributed by atoms with Gasteiger partial charge in [0.1, 0.15) is 5.75 Å². The quantitative estimate of drug-likeness (QED) is 0.810. The molecular formula is C18H22N4O4. The highest BCUT2D eigenvalue weighted by molar-refractivity contribution is 6.00. The van der Waals surface area contributed by atoms with Gasteiger partial charge < -0.3 is 19.6 Å². The van der Waals surface area contributed by atoms with E-state index in [9.17, 15) is 14.7 Å². The second kappa shape index (κ2) is 7.57. The molecule has 2 N–H and O–H groups in total. The molecule has 138 valence electrons. The Labute approximate surface area is 151 Å². The van der Waals surface area contributed by atoms with Crippen molar-refractivity contribution in [3.63, 3.8) is 0 Å². The number of carbonyl (C=O) groups excluding carboxylic acids is 2. The molecule has 1 aliphatic heterocycles. The van der Waals surface area contributed by atoms with Gasteiger partial charge in [-0.05, 0) is 30.3 Å². The number of aromatic nitrogens is 2. The van der Waals surface area contributed by atoms with Crippen LogP contribution in [-0.4, -0.2) is 52.7 Å². The number of methoxy groups -OCH3 is 1. The first-order chi connectivity index (χ1) is 12.5. The highest BCUT2D eigenvalue weighted by atomic mass is 16.5. The fraction of sp³-hybridized carbons (Fsp3) is 0.389. The van der Waals surface area contributed by atoms with Crippen molar-refractivity contribution in [1.29, 1.82) is 0 Å². The molecule has 3 rings (SSSR count). The molecule has 1 fully saturated rings. The molecule has 0 spiro atoms. The summed E-state index contributed by atoms with van der Waals surface area (Å²) in [4.78, 5) is 28.2. The van der Waals surface area contributed by atoms with E-state index in [-0.39, 0.29) is 29.9 Å². The maximum absolute atomic E-state index is 12.7. The molecule has 0 saturated carbocycles. The third-order valence-corrected chi connectivity index (χ3v) is 4.40. The lowest BCUT2D eigenvalue weighted by atomic mass is 10.1. The van der Waals surface area contributed by atoms with Crippen LogP contribution in [0, 0.1) is 5.92 Å². The molecule has 1 unspecified atom stereocenters. The standard InChI is InChI=1S/C18H22N4O4/c1-21(10-13-8-14(11-26-2)20-19-13)18(25)12-7-17(24)22(9-12)15-3-5-16(23)6-4-15/h3-6,8,12,23H,7,9-11H2,1-2H3,(H,19,20). The summed E-state index contributed by atoms with van der Waals surface area (Å²) in [5, 5.41) is 16.4. The average molecular weight is 358 g/mol. The van der Waals surface area contributed by atoms with Crippen molar-refractivity contribution in [1.82, 2.24) is 15.1 Å². The second-order valence-electron chi connectivity index (χ2n) is 6.43. The van der Waals surface area contributed by atoms with Crippen LogP contribution in [-0.2, 0) is 27.5 Å². The molecular weight excluding hydrogens is 336 g/mol. The van der Waals surface area contributed by atoms with E-state index in [2.05, 4.69) is 10.2 Å². The zero-order chi connectivity index (χ0) is 18.7. The Morgan fingerprint density at radius 2 is 2.15 bits per heavy atom. The summed E-state index contributed by atoms with van der Waals surface area (Å²) in [7, 11) is 3.31. The van der Waals surface area contributed by atoms with Crippen molar-refractivity contribution >= 4 is 17.5 Å². The molecule has 2 heterocycles. The van der Waals surface area contributed by atoms with E-state index in [0.29, 0.717) is 25.4 Å². The zero-order valence-electron chi connectivity index (χ0n) is 14.8. The van der Waals surface area contributed by atoms with Gasteiger partial charge in [-0.2, -0.15) is 5.10 Å².